The van der Waals surface area contributed by atoms with E-state index in [-0.39, 0.29) is 12.2 Å². The van der Waals surface area contributed by atoms with E-state index < -0.39 is 0 Å². The summed E-state index contributed by atoms with van der Waals surface area (Å²) in [5.41, 5.74) is 0. The molecule has 0 heterocycles. The Bertz CT molecular complexity index is 221. The van der Waals surface area contributed by atoms with E-state index in [9.17, 15) is 0 Å². The number of hydrogen-bond acceptors (Lipinski definition) is 2. The molecule has 0 aliphatic rings. The van der Waals surface area contributed by atoms with Crippen LogP contribution in [0.3, 0.4) is 0 Å². The Kier molecular flexibility index (Phi) is 11.1. The average Bonchev–Trinajstić information content (AvgIpc) is 2.37. The molecule has 2 atom stereocenters. The third-order valence-electron chi connectivity index (χ3n) is 2.77. The molecule has 2 unspecified atom stereocenters. The van der Waals surface area contributed by atoms with Crippen molar-refractivity contribution in [1.82, 2.24) is 0 Å². The lowest BCUT2D eigenvalue weighted by Crippen LogP contribution is -2.35. The minimum Gasteiger partial charge on any atom is -0.376 e. The van der Waals surface area contributed by atoms with Crippen molar-refractivity contribution in [3.63, 3.8) is 0 Å². The number of ether oxygens (including phenoxy) is 2. The molecule has 0 aromatic heterocycles. The summed E-state index contributed by atoms with van der Waals surface area (Å²) in [7, 11) is 0. The van der Waals surface area contributed by atoms with Gasteiger partial charge in [0.1, 0.15) is 0 Å². The quantitative estimate of drug-likeness (QED) is 0.539. The smallest absolute Gasteiger partial charge is 0.0930 e. The van der Waals surface area contributed by atoms with E-state index in [0.29, 0.717) is 5.92 Å². The van der Waals surface area contributed by atoms with Gasteiger partial charge in [0.2, 0.25) is 0 Å². The van der Waals surface area contributed by atoms with Gasteiger partial charge in [0.25, 0.3) is 0 Å². The molecule has 0 saturated carbocycles. The maximum atomic E-state index is 5.99. The monoisotopic (exact) mass is 254 g/mol. The van der Waals surface area contributed by atoms with E-state index in [1.165, 1.54) is 0 Å². The van der Waals surface area contributed by atoms with Crippen molar-refractivity contribution in [3.8, 4) is 0 Å². The normalized spacial score (nSPS) is 17.4. The van der Waals surface area contributed by atoms with Gasteiger partial charge in [-0.05, 0) is 33.6 Å². The highest BCUT2D eigenvalue weighted by Gasteiger charge is 2.24. The van der Waals surface area contributed by atoms with E-state index in [1.54, 1.807) is 0 Å². The Morgan fingerprint density at radius 3 is 1.83 bits per heavy atom. The molecule has 2 heteroatoms. The molecule has 0 N–H and O–H groups in total. The van der Waals surface area contributed by atoms with E-state index in [4.69, 9.17) is 9.47 Å². The summed E-state index contributed by atoms with van der Waals surface area (Å²) in [5.74, 6) is 0.290. The average molecular weight is 254 g/mol. The van der Waals surface area contributed by atoms with Crippen LogP contribution in [0.1, 0.15) is 47.5 Å². The molecule has 0 spiro atoms. The Morgan fingerprint density at radius 2 is 1.39 bits per heavy atom. The maximum absolute atomic E-state index is 5.99. The summed E-state index contributed by atoms with van der Waals surface area (Å²) in [4.78, 5) is 0. The van der Waals surface area contributed by atoms with Gasteiger partial charge in [0.05, 0.1) is 12.2 Å². The molecule has 0 aromatic rings. The molecule has 0 bridgehead atoms. The number of allylic oxidation sites excluding steroid dienone is 2. The SMILES string of the molecule is CC=CC(C=CC)C(OCCC)C(C)OCCC. The summed E-state index contributed by atoms with van der Waals surface area (Å²) in [6.07, 6.45) is 10.8. The van der Waals surface area contributed by atoms with Crippen LogP contribution < -0.4 is 0 Å². The summed E-state index contributed by atoms with van der Waals surface area (Å²) in [6.45, 7) is 12.0. The second-order valence-electron chi connectivity index (χ2n) is 4.54. The second-order valence-corrected chi connectivity index (χ2v) is 4.54. The molecule has 0 saturated heterocycles. The second kappa shape index (κ2) is 11.5. The molecule has 0 fully saturated rings. The van der Waals surface area contributed by atoms with Crippen LogP contribution >= 0.6 is 0 Å². The summed E-state index contributed by atoms with van der Waals surface area (Å²) >= 11 is 0. The maximum Gasteiger partial charge on any atom is 0.0930 e. The van der Waals surface area contributed by atoms with Crippen molar-refractivity contribution in [2.24, 2.45) is 5.92 Å². The van der Waals surface area contributed by atoms with Gasteiger partial charge >= 0.3 is 0 Å². The van der Waals surface area contributed by atoms with Crippen LogP contribution in [0.15, 0.2) is 24.3 Å². The van der Waals surface area contributed by atoms with Crippen molar-refractivity contribution in [2.75, 3.05) is 13.2 Å². The predicted octanol–water partition coefficient (Wildman–Crippen LogP) is 4.37. The van der Waals surface area contributed by atoms with Crippen LogP contribution in [0.4, 0.5) is 0 Å². The predicted molar refractivity (Wildman–Crippen MR) is 78.9 cm³/mol. The van der Waals surface area contributed by atoms with Crippen LogP contribution in [-0.4, -0.2) is 25.4 Å². The van der Waals surface area contributed by atoms with Gasteiger partial charge in [-0.1, -0.05) is 38.2 Å². The summed E-state index contributed by atoms with van der Waals surface area (Å²) in [5, 5.41) is 0. The Labute approximate surface area is 113 Å². The van der Waals surface area contributed by atoms with Crippen molar-refractivity contribution >= 4 is 0 Å². The number of hydrogen-bond donors (Lipinski definition) is 0. The standard InChI is InChI=1S/C16H30O2/c1-6-10-15(11-7-2)16(18-13-9-4)14(5)17-12-8-3/h6-7,10-11,14-16H,8-9,12-13H2,1-5H3. The van der Waals surface area contributed by atoms with Gasteiger partial charge in [-0.15, -0.1) is 0 Å². The van der Waals surface area contributed by atoms with Crippen molar-refractivity contribution in [2.45, 2.75) is 59.7 Å². The van der Waals surface area contributed by atoms with E-state index >= 15 is 0 Å². The first kappa shape index (κ1) is 17.4. The highest BCUT2D eigenvalue weighted by molar-refractivity contribution is 5.04. The molecule has 0 rings (SSSR count). The van der Waals surface area contributed by atoms with Gasteiger partial charge in [0, 0.05) is 19.1 Å². The zero-order chi connectivity index (χ0) is 13.8. The zero-order valence-corrected chi connectivity index (χ0v) is 12.7. The minimum absolute atomic E-state index is 0.101. The van der Waals surface area contributed by atoms with Crippen molar-refractivity contribution in [1.29, 1.82) is 0 Å². The topological polar surface area (TPSA) is 18.5 Å². The van der Waals surface area contributed by atoms with Crippen LogP contribution in [0.5, 0.6) is 0 Å². The van der Waals surface area contributed by atoms with E-state index in [0.717, 1.165) is 26.1 Å². The van der Waals surface area contributed by atoms with Crippen molar-refractivity contribution in [3.05, 3.63) is 24.3 Å². The van der Waals surface area contributed by atoms with Crippen LogP contribution in [0.2, 0.25) is 0 Å². The first-order valence-corrected chi connectivity index (χ1v) is 7.20. The summed E-state index contributed by atoms with van der Waals surface area (Å²) < 4.78 is 11.8. The van der Waals surface area contributed by atoms with Gasteiger partial charge in [-0.2, -0.15) is 0 Å². The fraction of sp³-hybridized carbons (Fsp3) is 0.750. The van der Waals surface area contributed by atoms with Crippen molar-refractivity contribution < 1.29 is 9.47 Å². The van der Waals surface area contributed by atoms with Crippen LogP contribution in [-0.2, 0) is 9.47 Å². The van der Waals surface area contributed by atoms with Gasteiger partial charge in [0.15, 0.2) is 0 Å². The highest BCUT2D eigenvalue weighted by Crippen LogP contribution is 2.19. The molecule has 18 heavy (non-hydrogen) atoms. The van der Waals surface area contributed by atoms with Crippen LogP contribution in [0.25, 0.3) is 0 Å². The highest BCUT2D eigenvalue weighted by atomic mass is 16.5. The molecule has 2 nitrogen and oxygen atoms in total. The Hall–Kier alpha value is -0.600. The molecule has 106 valence electrons. The van der Waals surface area contributed by atoms with Gasteiger partial charge in [-0.3, -0.25) is 0 Å². The molecule has 0 aliphatic heterocycles. The fourth-order valence-electron chi connectivity index (χ4n) is 1.94. The Balaban J connectivity index is 4.68. The molecule has 0 aromatic carbocycles. The van der Waals surface area contributed by atoms with E-state index in [2.05, 4.69) is 45.1 Å². The minimum atomic E-state index is 0.101. The molecular weight excluding hydrogens is 224 g/mol. The lowest BCUT2D eigenvalue weighted by atomic mass is 9.97. The Morgan fingerprint density at radius 1 is 0.889 bits per heavy atom. The lowest BCUT2D eigenvalue weighted by Gasteiger charge is -2.28. The van der Waals surface area contributed by atoms with Crippen LogP contribution in [0, 0.1) is 5.92 Å². The van der Waals surface area contributed by atoms with E-state index in [1.807, 2.05) is 13.8 Å². The molecule has 0 amide bonds. The summed E-state index contributed by atoms with van der Waals surface area (Å²) in [6, 6.07) is 0. The molecule has 0 aliphatic carbocycles. The van der Waals surface area contributed by atoms with Gasteiger partial charge < -0.3 is 9.47 Å². The molecular formula is C16H30O2. The van der Waals surface area contributed by atoms with Gasteiger partial charge in [-0.25, -0.2) is 0 Å². The first-order valence-electron chi connectivity index (χ1n) is 7.20. The molecule has 0 radical (unpaired) electrons. The number of rotatable bonds is 10. The zero-order valence-electron chi connectivity index (χ0n) is 12.7. The first-order chi connectivity index (χ1) is 8.71. The third kappa shape index (κ3) is 6.97. The lowest BCUT2D eigenvalue weighted by molar-refractivity contribution is -0.0753. The fourth-order valence-corrected chi connectivity index (χ4v) is 1.94. The third-order valence-corrected chi connectivity index (χ3v) is 2.77. The largest absolute Gasteiger partial charge is 0.376 e.